The van der Waals surface area contributed by atoms with Gasteiger partial charge < -0.3 is 10.3 Å². The molecule has 1 aromatic carbocycles. The van der Waals surface area contributed by atoms with E-state index >= 15 is 0 Å². The molecule has 3 aromatic heterocycles. The third-order valence-electron chi connectivity index (χ3n) is 4.66. The first-order valence-corrected chi connectivity index (χ1v) is 10.1. The number of nitrogens with zero attached hydrogens (tertiary/aromatic N) is 5. The minimum atomic E-state index is -0.415. The number of H-pyrrole nitrogens is 1. The van der Waals surface area contributed by atoms with Crippen molar-refractivity contribution >= 4 is 46.3 Å². The van der Waals surface area contributed by atoms with Crippen molar-refractivity contribution in [3.05, 3.63) is 58.5 Å². The lowest BCUT2D eigenvalue weighted by Gasteiger charge is -2.16. The maximum atomic E-state index is 13.6. The molecule has 0 unspecified atom stereocenters. The van der Waals surface area contributed by atoms with E-state index in [4.69, 9.17) is 11.6 Å². The number of aromatic nitrogens is 6. The average Bonchev–Trinajstić information content (AvgIpc) is 3.24. The molecule has 0 spiro atoms. The van der Waals surface area contributed by atoms with Crippen LogP contribution in [0.25, 0.3) is 17.0 Å². The number of amides is 1. The fourth-order valence-electron chi connectivity index (χ4n) is 3.41. The molecule has 1 atom stereocenters. The number of carbonyl (C=O) groups is 1. The van der Waals surface area contributed by atoms with Gasteiger partial charge in [0.1, 0.15) is 23.5 Å². The summed E-state index contributed by atoms with van der Waals surface area (Å²) in [6, 6.07) is 4.28. The van der Waals surface area contributed by atoms with Gasteiger partial charge in [0, 0.05) is 10.6 Å². The van der Waals surface area contributed by atoms with Gasteiger partial charge in [0.2, 0.25) is 5.91 Å². The van der Waals surface area contributed by atoms with Crippen LogP contribution in [0.2, 0.25) is 5.02 Å². The zero-order chi connectivity index (χ0) is 20.1. The second-order valence-corrected chi connectivity index (χ2v) is 7.96. The smallest absolute Gasteiger partial charge is 0.235 e. The maximum Gasteiger partial charge on any atom is 0.235 e. The molecule has 0 saturated carbocycles. The van der Waals surface area contributed by atoms with Gasteiger partial charge in [-0.2, -0.15) is 9.78 Å². The predicted molar refractivity (Wildman–Crippen MR) is 108 cm³/mol. The fourth-order valence-corrected chi connectivity index (χ4v) is 4.97. The summed E-state index contributed by atoms with van der Waals surface area (Å²) < 4.78 is 15.1. The van der Waals surface area contributed by atoms with E-state index in [1.807, 2.05) is 6.92 Å². The number of fused-ring (bicyclic) bond motifs is 2. The number of thioether (sulfide) groups is 1. The van der Waals surface area contributed by atoms with E-state index in [1.165, 1.54) is 36.5 Å². The Morgan fingerprint density at radius 3 is 3.00 bits per heavy atom. The molecule has 1 aliphatic rings. The van der Waals surface area contributed by atoms with Crippen LogP contribution >= 0.6 is 23.4 Å². The number of rotatable bonds is 2. The highest BCUT2D eigenvalue weighted by atomic mass is 35.5. The topological polar surface area (TPSA) is 101 Å². The maximum absolute atomic E-state index is 13.6. The molecule has 2 N–H and O–H groups in total. The predicted octanol–water partition coefficient (Wildman–Crippen LogP) is 3.41. The molecule has 0 saturated heterocycles. The number of anilines is 1. The first-order chi connectivity index (χ1) is 14.0. The molecular formula is C18H13ClFN7OS. The van der Waals surface area contributed by atoms with Crippen molar-refractivity contribution in [1.29, 1.82) is 0 Å². The Kier molecular flexibility index (Phi) is 4.25. The van der Waals surface area contributed by atoms with E-state index in [1.54, 1.807) is 10.7 Å². The zero-order valence-corrected chi connectivity index (χ0v) is 16.6. The van der Waals surface area contributed by atoms with Crippen LogP contribution in [0.5, 0.6) is 0 Å². The standard InChI is InChI=1S/C18H13ClFN7OS/c1-8-13-15(10-3-2-9(20)4-11(10)19)29-5-12(28)25-17(13)27(26-8)18-14-16(22-6-21-14)23-7-24-18/h2-4,6-7,15H,5H2,1H3,(H,25,28)(H,21,22,23,24)/t15-/m1/s1. The van der Waals surface area contributed by atoms with Crippen LogP contribution in [-0.4, -0.2) is 41.4 Å². The van der Waals surface area contributed by atoms with Crippen LogP contribution < -0.4 is 5.32 Å². The lowest BCUT2D eigenvalue weighted by Crippen LogP contribution is -2.16. The van der Waals surface area contributed by atoms with Gasteiger partial charge in [0.15, 0.2) is 11.5 Å². The van der Waals surface area contributed by atoms with Gasteiger partial charge in [0.25, 0.3) is 0 Å². The molecule has 11 heteroatoms. The number of halogens is 2. The minimum Gasteiger partial charge on any atom is -0.340 e. The SMILES string of the molecule is Cc1nn(-c2ncnc3nc[nH]c23)c2c1[C@@H](c1ccc(F)cc1Cl)SCC(=O)N2. The quantitative estimate of drug-likeness (QED) is 0.506. The minimum absolute atomic E-state index is 0.173. The summed E-state index contributed by atoms with van der Waals surface area (Å²) in [5, 5.41) is 7.55. The summed E-state index contributed by atoms with van der Waals surface area (Å²) in [5.41, 5.74) is 3.30. The van der Waals surface area contributed by atoms with Crippen LogP contribution in [0.1, 0.15) is 22.1 Å². The second-order valence-electron chi connectivity index (χ2n) is 6.46. The van der Waals surface area contributed by atoms with Crippen molar-refractivity contribution in [3.63, 3.8) is 0 Å². The lowest BCUT2D eigenvalue weighted by molar-refractivity contribution is -0.113. The van der Waals surface area contributed by atoms with Crippen molar-refractivity contribution in [2.75, 3.05) is 11.1 Å². The Morgan fingerprint density at radius 2 is 2.17 bits per heavy atom. The molecule has 5 rings (SSSR count). The molecule has 1 aliphatic heterocycles. The summed E-state index contributed by atoms with van der Waals surface area (Å²) in [7, 11) is 0. The van der Waals surface area contributed by atoms with Crippen LogP contribution in [0.4, 0.5) is 10.2 Å². The van der Waals surface area contributed by atoms with Gasteiger partial charge in [0.05, 0.1) is 23.0 Å². The molecule has 0 bridgehead atoms. The number of carbonyl (C=O) groups excluding carboxylic acids is 1. The first kappa shape index (κ1) is 18.1. The zero-order valence-electron chi connectivity index (χ0n) is 15.0. The van der Waals surface area contributed by atoms with Gasteiger partial charge in [-0.15, -0.1) is 11.8 Å². The highest BCUT2D eigenvalue weighted by Crippen LogP contribution is 2.46. The first-order valence-electron chi connectivity index (χ1n) is 8.63. The Morgan fingerprint density at radius 1 is 1.31 bits per heavy atom. The highest BCUT2D eigenvalue weighted by molar-refractivity contribution is 8.00. The van der Waals surface area contributed by atoms with E-state index in [9.17, 15) is 9.18 Å². The van der Waals surface area contributed by atoms with Crippen LogP contribution in [0.3, 0.4) is 0 Å². The lowest BCUT2D eigenvalue weighted by atomic mass is 10.0. The molecular weight excluding hydrogens is 417 g/mol. The van der Waals surface area contributed by atoms with Crippen LogP contribution in [0, 0.1) is 12.7 Å². The van der Waals surface area contributed by atoms with Crippen molar-refractivity contribution in [2.24, 2.45) is 0 Å². The monoisotopic (exact) mass is 429 g/mol. The summed E-state index contributed by atoms with van der Waals surface area (Å²) in [4.78, 5) is 28.1. The largest absolute Gasteiger partial charge is 0.340 e. The number of hydrogen-bond acceptors (Lipinski definition) is 6. The van der Waals surface area contributed by atoms with Gasteiger partial charge in [-0.25, -0.2) is 19.3 Å². The molecule has 4 aromatic rings. The number of hydrogen-bond donors (Lipinski definition) is 2. The van der Waals surface area contributed by atoms with E-state index in [-0.39, 0.29) is 16.9 Å². The number of benzene rings is 1. The Hall–Kier alpha value is -2.98. The molecule has 0 radical (unpaired) electrons. The molecule has 1 amide bonds. The van der Waals surface area contributed by atoms with Gasteiger partial charge in [-0.3, -0.25) is 4.79 Å². The van der Waals surface area contributed by atoms with E-state index < -0.39 is 5.82 Å². The van der Waals surface area contributed by atoms with Gasteiger partial charge in [-0.05, 0) is 24.6 Å². The van der Waals surface area contributed by atoms with E-state index in [0.717, 1.165) is 5.56 Å². The molecule has 146 valence electrons. The Labute approximate surface area is 172 Å². The average molecular weight is 430 g/mol. The van der Waals surface area contributed by atoms with Crippen molar-refractivity contribution in [2.45, 2.75) is 12.2 Å². The third kappa shape index (κ3) is 2.95. The van der Waals surface area contributed by atoms with Crippen LogP contribution in [-0.2, 0) is 4.79 Å². The number of imidazole rings is 1. The third-order valence-corrected chi connectivity index (χ3v) is 6.24. The second kappa shape index (κ2) is 6.82. The summed E-state index contributed by atoms with van der Waals surface area (Å²) >= 11 is 7.75. The van der Waals surface area contributed by atoms with Crippen molar-refractivity contribution < 1.29 is 9.18 Å². The Balaban J connectivity index is 1.74. The molecule has 0 aliphatic carbocycles. The van der Waals surface area contributed by atoms with E-state index in [2.05, 4.69) is 30.4 Å². The Bertz CT molecular complexity index is 1270. The van der Waals surface area contributed by atoms with Gasteiger partial charge >= 0.3 is 0 Å². The molecule has 4 heterocycles. The van der Waals surface area contributed by atoms with Crippen molar-refractivity contribution in [3.8, 4) is 5.82 Å². The van der Waals surface area contributed by atoms with Crippen LogP contribution in [0.15, 0.2) is 30.9 Å². The van der Waals surface area contributed by atoms with E-state index in [0.29, 0.717) is 39.1 Å². The fraction of sp³-hybridized carbons (Fsp3) is 0.167. The molecule has 0 fully saturated rings. The summed E-state index contributed by atoms with van der Waals surface area (Å²) in [6.07, 6.45) is 2.91. The summed E-state index contributed by atoms with van der Waals surface area (Å²) in [5.74, 6) is 0.593. The molecule has 29 heavy (non-hydrogen) atoms. The highest BCUT2D eigenvalue weighted by Gasteiger charge is 2.32. The number of nitrogens with one attached hydrogen (secondary N) is 2. The number of aryl methyl sites for hydroxylation is 1. The number of aromatic amines is 1. The van der Waals surface area contributed by atoms with Gasteiger partial charge in [-0.1, -0.05) is 17.7 Å². The normalized spacial score (nSPS) is 16.5. The summed E-state index contributed by atoms with van der Waals surface area (Å²) in [6.45, 7) is 1.85. The molecule has 8 nitrogen and oxygen atoms in total. The van der Waals surface area contributed by atoms with Crippen molar-refractivity contribution in [1.82, 2.24) is 29.7 Å².